The van der Waals surface area contributed by atoms with Gasteiger partial charge in [-0.3, -0.25) is 0 Å². The number of rotatable bonds is 2. The predicted molar refractivity (Wildman–Crippen MR) is 141 cm³/mol. The van der Waals surface area contributed by atoms with Crippen molar-refractivity contribution in [2.24, 2.45) is 0 Å². The van der Waals surface area contributed by atoms with Gasteiger partial charge in [-0.25, -0.2) is 15.0 Å². The zero-order valence-electron chi connectivity index (χ0n) is 18.3. The molecular weight excluding hydrogens is 414 g/mol. The molecule has 34 heavy (non-hydrogen) atoms. The van der Waals surface area contributed by atoms with E-state index in [9.17, 15) is 0 Å². The summed E-state index contributed by atoms with van der Waals surface area (Å²) in [6.07, 6.45) is 3.80. The van der Waals surface area contributed by atoms with Crippen LogP contribution < -0.4 is 0 Å². The van der Waals surface area contributed by atoms with Crippen LogP contribution in [0.5, 0.6) is 0 Å². The Hall–Kier alpha value is -4.63. The third-order valence-electron chi connectivity index (χ3n) is 6.54. The van der Waals surface area contributed by atoms with Gasteiger partial charge in [0.1, 0.15) is 5.69 Å². The quantitative estimate of drug-likeness (QED) is 0.261. The standard InChI is InChI=1S/C31H19N3/c1-2-9-22-17-23(14-13-20(22)7-1)24-18-32-31(33-19-24)30-27-16-15-21-8-3-4-10-25(21)29(27)26-11-5-6-12-28(26)34-30/h1-19H. The molecule has 0 aliphatic heterocycles. The lowest BCUT2D eigenvalue weighted by Gasteiger charge is -2.12. The van der Waals surface area contributed by atoms with Crippen molar-refractivity contribution < 1.29 is 0 Å². The molecule has 0 saturated carbocycles. The first-order chi connectivity index (χ1) is 16.8. The maximum Gasteiger partial charge on any atom is 0.178 e. The van der Waals surface area contributed by atoms with Gasteiger partial charge in [0.15, 0.2) is 5.82 Å². The number of benzene rings is 5. The first kappa shape index (κ1) is 18.9. The molecule has 3 heteroatoms. The Balaban J connectivity index is 1.43. The van der Waals surface area contributed by atoms with E-state index in [-0.39, 0.29) is 0 Å². The van der Waals surface area contributed by atoms with E-state index < -0.39 is 0 Å². The van der Waals surface area contributed by atoms with Crippen LogP contribution in [0.25, 0.3) is 65.9 Å². The zero-order valence-corrected chi connectivity index (χ0v) is 18.3. The van der Waals surface area contributed by atoms with Crippen LogP contribution in [0.4, 0.5) is 0 Å². The molecule has 0 atom stereocenters. The van der Waals surface area contributed by atoms with Gasteiger partial charge in [-0.1, -0.05) is 91.0 Å². The lowest BCUT2D eigenvalue weighted by atomic mass is 9.97. The molecule has 0 unspecified atom stereocenters. The molecular formula is C31H19N3. The second-order valence-corrected chi connectivity index (χ2v) is 8.54. The second kappa shape index (κ2) is 7.46. The summed E-state index contributed by atoms with van der Waals surface area (Å²) in [6, 6.07) is 35.9. The average molecular weight is 434 g/mol. The topological polar surface area (TPSA) is 38.7 Å². The van der Waals surface area contributed by atoms with Crippen LogP contribution in [0.15, 0.2) is 116 Å². The maximum absolute atomic E-state index is 5.00. The van der Waals surface area contributed by atoms with Crippen molar-refractivity contribution in [2.45, 2.75) is 0 Å². The number of nitrogens with zero attached hydrogens (tertiary/aromatic N) is 3. The van der Waals surface area contributed by atoms with E-state index in [1.165, 1.54) is 26.9 Å². The maximum atomic E-state index is 5.00. The highest BCUT2D eigenvalue weighted by atomic mass is 14.9. The Bertz CT molecular complexity index is 1840. The minimum Gasteiger partial charge on any atom is -0.244 e. The molecule has 0 bridgehead atoms. The van der Waals surface area contributed by atoms with Crippen molar-refractivity contribution in [1.82, 2.24) is 15.0 Å². The highest BCUT2D eigenvalue weighted by Crippen LogP contribution is 2.36. The zero-order chi connectivity index (χ0) is 22.5. The van der Waals surface area contributed by atoms with Gasteiger partial charge in [-0.05, 0) is 39.2 Å². The molecule has 0 N–H and O–H groups in total. The minimum absolute atomic E-state index is 0.635. The minimum atomic E-state index is 0.635. The van der Waals surface area contributed by atoms with Gasteiger partial charge in [0.25, 0.3) is 0 Å². The molecule has 2 heterocycles. The summed E-state index contributed by atoms with van der Waals surface area (Å²) in [5, 5.41) is 8.26. The second-order valence-electron chi connectivity index (χ2n) is 8.54. The number of aromatic nitrogens is 3. The first-order valence-electron chi connectivity index (χ1n) is 11.4. The largest absolute Gasteiger partial charge is 0.244 e. The predicted octanol–water partition coefficient (Wildman–Crippen LogP) is 7.82. The average Bonchev–Trinajstić information content (AvgIpc) is 2.92. The number of pyridine rings is 1. The number of fused-ring (bicyclic) bond motifs is 6. The van der Waals surface area contributed by atoms with Crippen molar-refractivity contribution in [1.29, 1.82) is 0 Å². The van der Waals surface area contributed by atoms with Crippen molar-refractivity contribution in [3.63, 3.8) is 0 Å². The summed E-state index contributed by atoms with van der Waals surface area (Å²) in [5.74, 6) is 0.635. The van der Waals surface area contributed by atoms with Gasteiger partial charge in [0, 0.05) is 34.1 Å². The summed E-state index contributed by atoms with van der Waals surface area (Å²) in [4.78, 5) is 14.5. The van der Waals surface area contributed by atoms with E-state index in [0.29, 0.717) is 5.82 Å². The van der Waals surface area contributed by atoms with Gasteiger partial charge in [-0.15, -0.1) is 0 Å². The van der Waals surface area contributed by atoms with Crippen molar-refractivity contribution in [3.8, 4) is 22.6 Å². The Morgan fingerprint density at radius 1 is 0.471 bits per heavy atom. The third-order valence-corrected chi connectivity index (χ3v) is 6.54. The normalized spacial score (nSPS) is 11.5. The first-order valence-corrected chi connectivity index (χ1v) is 11.4. The Morgan fingerprint density at radius 3 is 2.00 bits per heavy atom. The van der Waals surface area contributed by atoms with E-state index in [1.807, 2.05) is 18.5 Å². The van der Waals surface area contributed by atoms with Crippen LogP contribution in [0, 0.1) is 0 Å². The lowest BCUT2D eigenvalue weighted by Crippen LogP contribution is -1.95. The number of para-hydroxylation sites is 1. The van der Waals surface area contributed by atoms with Crippen LogP contribution >= 0.6 is 0 Å². The van der Waals surface area contributed by atoms with Crippen LogP contribution in [-0.2, 0) is 0 Å². The molecule has 0 spiro atoms. The Morgan fingerprint density at radius 2 is 1.15 bits per heavy atom. The lowest BCUT2D eigenvalue weighted by molar-refractivity contribution is 1.16. The highest BCUT2D eigenvalue weighted by molar-refractivity contribution is 6.22. The van der Waals surface area contributed by atoms with Gasteiger partial charge >= 0.3 is 0 Å². The van der Waals surface area contributed by atoms with E-state index in [4.69, 9.17) is 15.0 Å². The summed E-state index contributed by atoms with van der Waals surface area (Å²) >= 11 is 0. The third kappa shape index (κ3) is 2.95. The molecule has 5 aromatic carbocycles. The summed E-state index contributed by atoms with van der Waals surface area (Å²) < 4.78 is 0. The Labute approximate surface area is 196 Å². The Kier molecular flexibility index (Phi) is 4.15. The smallest absolute Gasteiger partial charge is 0.178 e. The van der Waals surface area contributed by atoms with Gasteiger partial charge in [0.05, 0.1) is 5.52 Å². The van der Waals surface area contributed by atoms with Crippen molar-refractivity contribution >= 4 is 43.2 Å². The summed E-state index contributed by atoms with van der Waals surface area (Å²) in [6.45, 7) is 0. The highest BCUT2D eigenvalue weighted by Gasteiger charge is 2.15. The van der Waals surface area contributed by atoms with E-state index in [0.717, 1.165) is 33.1 Å². The van der Waals surface area contributed by atoms with E-state index in [2.05, 4.69) is 97.1 Å². The molecule has 0 saturated heterocycles. The van der Waals surface area contributed by atoms with Crippen LogP contribution in [0.2, 0.25) is 0 Å². The van der Waals surface area contributed by atoms with Crippen LogP contribution in [0.1, 0.15) is 0 Å². The van der Waals surface area contributed by atoms with Crippen LogP contribution in [-0.4, -0.2) is 15.0 Å². The fraction of sp³-hybridized carbons (Fsp3) is 0. The van der Waals surface area contributed by atoms with Crippen LogP contribution in [0.3, 0.4) is 0 Å². The molecule has 0 radical (unpaired) electrons. The molecule has 2 aromatic heterocycles. The van der Waals surface area contributed by atoms with E-state index >= 15 is 0 Å². The molecule has 3 nitrogen and oxygen atoms in total. The number of hydrogen-bond donors (Lipinski definition) is 0. The van der Waals surface area contributed by atoms with E-state index in [1.54, 1.807) is 0 Å². The van der Waals surface area contributed by atoms with Gasteiger partial charge < -0.3 is 0 Å². The van der Waals surface area contributed by atoms with Gasteiger partial charge in [0.2, 0.25) is 0 Å². The SMILES string of the molecule is c1ccc2cc(-c3cnc(-c4nc5ccccc5c5c4ccc4ccccc45)nc3)ccc2c1. The number of hydrogen-bond acceptors (Lipinski definition) is 3. The van der Waals surface area contributed by atoms with Crippen molar-refractivity contribution in [3.05, 3.63) is 116 Å². The molecule has 158 valence electrons. The monoisotopic (exact) mass is 433 g/mol. The summed E-state index contributed by atoms with van der Waals surface area (Å²) in [7, 11) is 0. The molecule has 0 fully saturated rings. The fourth-order valence-corrected chi connectivity index (χ4v) is 4.86. The van der Waals surface area contributed by atoms with Gasteiger partial charge in [-0.2, -0.15) is 0 Å². The molecule has 0 aliphatic carbocycles. The van der Waals surface area contributed by atoms with Crippen molar-refractivity contribution in [2.75, 3.05) is 0 Å². The summed E-state index contributed by atoms with van der Waals surface area (Å²) in [5.41, 5.74) is 3.85. The fourth-order valence-electron chi connectivity index (χ4n) is 4.86. The molecule has 7 rings (SSSR count). The molecule has 7 aromatic rings. The molecule has 0 amide bonds. The molecule has 0 aliphatic rings.